The Balaban J connectivity index is 1.94. The molecule has 0 saturated heterocycles. The van der Waals surface area contributed by atoms with Gasteiger partial charge in [-0.3, -0.25) is 0 Å². The molecule has 0 atom stereocenters. The van der Waals surface area contributed by atoms with Crippen molar-refractivity contribution in [3.63, 3.8) is 0 Å². The number of alkyl halides is 3. The molecule has 0 fully saturated rings. The number of nitrogens with one attached hydrogen (secondary N) is 1. The van der Waals surface area contributed by atoms with E-state index in [0.717, 1.165) is 26.6 Å². The topological polar surface area (TPSA) is 25.0 Å². The van der Waals surface area contributed by atoms with Gasteiger partial charge in [0.2, 0.25) is 0 Å². The zero-order valence-corrected chi connectivity index (χ0v) is 12.1. The van der Waals surface area contributed by atoms with Crippen LogP contribution in [0.15, 0.2) is 53.0 Å². The van der Waals surface area contributed by atoms with E-state index < -0.39 is 6.36 Å². The van der Waals surface area contributed by atoms with E-state index in [-0.39, 0.29) is 5.75 Å². The molecule has 0 unspecified atom stereocenters. The Labute approximate surface area is 126 Å². The van der Waals surface area contributed by atoms with Gasteiger partial charge >= 0.3 is 6.36 Å². The first-order valence-electron chi connectivity index (χ1n) is 6.06. The molecule has 108 valence electrons. The van der Waals surface area contributed by atoms with Crippen LogP contribution in [0.3, 0.4) is 0 Å². The molecule has 1 aromatic heterocycles. The Morgan fingerprint density at radius 2 is 1.71 bits per heavy atom. The number of halogens is 4. The van der Waals surface area contributed by atoms with Crippen LogP contribution in [0.2, 0.25) is 0 Å². The van der Waals surface area contributed by atoms with Crippen molar-refractivity contribution in [1.82, 2.24) is 4.98 Å². The second kappa shape index (κ2) is 5.11. The van der Waals surface area contributed by atoms with Crippen molar-refractivity contribution in [3.05, 3.63) is 53.0 Å². The SMILES string of the molecule is FC(F)(F)Oc1ccc(-c2cc3cccc(Br)c3[nH]2)cc1. The van der Waals surface area contributed by atoms with E-state index in [4.69, 9.17) is 0 Å². The maximum atomic E-state index is 12.1. The molecular weight excluding hydrogens is 347 g/mol. The van der Waals surface area contributed by atoms with E-state index in [2.05, 4.69) is 25.7 Å². The lowest BCUT2D eigenvalue weighted by Gasteiger charge is -2.08. The smallest absolute Gasteiger partial charge is 0.406 e. The van der Waals surface area contributed by atoms with Gasteiger partial charge < -0.3 is 9.72 Å². The molecule has 0 amide bonds. The molecule has 2 nitrogen and oxygen atoms in total. The monoisotopic (exact) mass is 355 g/mol. The van der Waals surface area contributed by atoms with Crippen molar-refractivity contribution in [3.8, 4) is 17.0 Å². The number of benzene rings is 2. The molecule has 21 heavy (non-hydrogen) atoms. The number of hydrogen-bond donors (Lipinski definition) is 1. The third kappa shape index (κ3) is 3.05. The molecule has 2 aromatic carbocycles. The minimum atomic E-state index is -4.67. The maximum Gasteiger partial charge on any atom is 0.573 e. The first kappa shape index (κ1) is 14.0. The summed E-state index contributed by atoms with van der Waals surface area (Å²) in [7, 11) is 0. The normalized spacial score (nSPS) is 11.8. The highest BCUT2D eigenvalue weighted by molar-refractivity contribution is 9.10. The van der Waals surface area contributed by atoms with Crippen molar-refractivity contribution >= 4 is 26.8 Å². The summed E-state index contributed by atoms with van der Waals surface area (Å²) in [5.74, 6) is -0.233. The molecule has 0 aliphatic rings. The highest BCUT2D eigenvalue weighted by Crippen LogP contribution is 2.30. The zero-order valence-electron chi connectivity index (χ0n) is 10.5. The van der Waals surface area contributed by atoms with Crippen LogP contribution in [0.5, 0.6) is 5.75 Å². The van der Waals surface area contributed by atoms with Crippen molar-refractivity contribution in [2.24, 2.45) is 0 Å². The molecule has 0 saturated carbocycles. The van der Waals surface area contributed by atoms with Gasteiger partial charge in [0.05, 0.1) is 5.52 Å². The van der Waals surface area contributed by atoms with Gasteiger partial charge in [-0.05, 0) is 57.9 Å². The summed E-state index contributed by atoms with van der Waals surface area (Å²) in [4.78, 5) is 3.24. The zero-order chi connectivity index (χ0) is 15.0. The number of fused-ring (bicyclic) bond motifs is 1. The predicted molar refractivity (Wildman–Crippen MR) is 78.1 cm³/mol. The first-order valence-corrected chi connectivity index (χ1v) is 6.85. The lowest BCUT2D eigenvalue weighted by Crippen LogP contribution is -2.16. The second-order valence-electron chi connectivity index (χ2n) is 4.46. The highest BCUT2D eigenvalue weighted by Gasteiger charge is 2.30. The number of ether oxygens (including phenoxy) is 1. The fourth-order valence-electron chi connectivity index (χ4n) is 2.11. The highest BCUT2D eigenvalue weighted by atomic mass is 79.9. The van der Waals surface area contributed by atoms with Crippen LogP contribution in [-0.2, 0) is 0 Å². The Morgan fingerprint density at radius 1 is 1.00 bits per heavy atom. The average Bonchev–Trinajstić information content (AvgIpc) is 2.83. The van der Waals surface area contributed by atoms with Gasteiger partial charge in [0.1, 0.15) is 5.75 Å². The minimum absolute atomic E-state index is 0.233. The molecule has 1 heterocycles. The average molecular weight is 356 g/mol. The van der Waals surface area contributed by atoms with Crippen LogP contribution >= 0.6 is 15.9 Å². The fraction of sp³-hybridized carbons (Fsp3) is 0.0667. The molecule has 0 aliphatic heterocycles. The largest absolute Gasteiger partial charge is 0.573 e. The van der Waals surface area contributed by atoms with E-state index in [9.17, 15) is 13.2 Å². The molecule has 1 N–H and O–H groups in total. The van der Waals surface area contributed by atoms with E-state index >= 15 is 0 Å². The van der Waals surface area contributed by atoms with Gasteiger partial charge in [-0.25, -0.2) is 0 Å². The van der Waals surface area contributed by atoms with E-state index in [1.807, 2.05) is 24.3 Å². The van der Waals surface area contributed by atoms with Crippen LogP contribution in [0.25, 0.3) is 22.2 Å². The van der Waals surface area contributed by atoms with E-state index in [0.29, 0.717) is 0 Å². The summed E-state index contributed by atoms with van der Waals surface area (Å²) in [6.45, 7) is 0. The minimum Gasteiger partial charge on any atom is -0.406 e. The van der Waals surface area contributed by atoms with E-state index in [1.54, 1.807) is 12.1 Å². The van der Waals surface area contributed by atoms with Crippen LogP contribution in [-0.4, -0.2) is 11.3 Å². The maximum absolute atomic E-state index is 12.1. The summed E-state index contributed by atoms with van der Waals surface area (Å²) in [6, 6.07) is 13.5. The Hall–Kier alpha value is -1.95. The van der Waals surface area contributed by atoms with Crippen molar-refractivity contribution in [1.29, 1.82) is 0 Å². The lowest BCUT2D eigenvalue weighted by atomic mass is 10.1. The molecule has 3 aromatic rings. The summed E-state index contributed by atoms with van der Waals surface area (Å²) in [6.07, 6.45) is -4.67. The summed E-state index contributed by atoms with van der Waals surface area (Å²) in [5, 5.41) is 1.02. The van der Waals surface area contributed by atoms with Crippen LogP contribution in [0.4, 0.5) is 13.2 Å². The van der Waals surface area contributed by atoms with Gasteiger partial charge in [0.25, 0.3) is 0 Å². The lowest BCUT2D eigenvalue weighted by molar-refractivity contribution is -0.274. The van der Waals surface area contributed by atoms with E-state index in [1.165, 1.54) is 12.1 Å². The molecule has 0 spiro atoms. The summed E-state index contributed by atoms with van der Waals surface area (Å²) in [5.41, 5.74) is 2.56. The van der Waals surface area contributed by atoms with Gasteiger partial charge in [0.15, 0.2) is 0 Å². The van der Waals surface area contributed by atoms with Crippen molar-refractivity contribution < 1.29 is 17.9 Å². The van der Waals surface area contributed by atoms with Crippen LogP contribution in [0.1, 0.15) is 0 Å². The second-order valence-corrected chi connectivity index (χ2v) is 5.31. The standard InChI is InChI=1S/C15H9BrF3NO/c16-12-3-1-2-10-8-13(20-14(10)12)9-4-6-11(7-5-9)21-15(17,18)19/h1-8,20H. The Bertz CT molecular complexity index is 778. The molecule has 0 radical (unpaired) electrons. The van der Waals surface area contributed by atoms with Gasteiger partial charge in [-0.2, -0.15) is 0 Å². The molecule has 0 bridgehead atoms. The summed E-state index contributed by atoms with van der Waals surface area (Å²) < 4.78 is 41.1. The number of hydrogen-bond acceptors (Lipinski definition) is 1. The fourth-order valence-corrected chi connectivity index (χ4v) is 2.59. The quantitative estimate of drug-likeness (QED) is 0.645. The number of aromatic amines is 1. The Kier molecular flexibility index (Phi) is 3.41. The van der Waals surface area contributed by atoms with Gasteiger partial charge in [-0.1, -0.05) is 12.1 Å². The van der Waals surface area contributed by atoms with Gasteiger partial charge in [0, 0.05) is 15.6 Å². The molecule has 3 rings (SSSR count). The van der Waals surface area contributed by atoms with Crippen LogP contribution < -0.4 is 4.74 Å². The number of para-hydroxylation sites is 1. The summed E-state index contributed by atoms with van der Waals surface area (Å²) >= 11 is 3.45. The molecule has 6 heteroatoms. The third-order valence-corrected chi connectivity index (χ3v) is 3.67. The number of aromatic nitrogens is 1. The van der Waals surface area contributed by atoms with Crippen LogP contribution in [0, 0.1) is 0 Å². The number of rotatable bonds is 2. The molecular formula is C15H9BrF3NO. The van der Waals surface area contributed by atoms with Gasteiger partial charge in [-0.15, -0.1) is 13.2 Å². The Morgan fingerprint density at radius 3 is 2.33 bits per heavy atom. The van der Waals surface area contributed by atoms with Crippen molar-refractivity contribution in [2.75, 3.05) is 0 Å². The van der Waals surface area contributed by atoms with Crippen molar-refractivity contribution in [2.45, 2.75) is 6.36 Å². The molecule has 0 aliphatic carbocycles. The number of H-pyrrole nitrogens is 1. The third-order valence-electron chi connectivity index (χ3n) is 3.00. The predicted octanol–water partition coefficient (Wildman–Crippen LogP) is 5.50. The first-order chi connectivity index (χ1) is 9.92.